The van der Waals surface area contributed by atoms with Crippen molar-refractivity contribution in [2.45, 2.75) is 39.2 Å². The van der Waals surface area contributed by atoms with Crippen LogP contribution >= 0.6 is 0 Å². The van der Waals surface area contributed by atoms with Gasteiger partial charge in [0.05, 0.1) is 7.11 Å². The Kier molecular flexibility index (Phi) is 8.26. The summed E-state index contributed by atoms with van der Waals surface area (Å²) in [5, 5.41) is 15.1. The van der Waals surface area contributed by atoms with E-state index in [0.717, 1.165) is 68.8 Å². The van der Waals surface area contributed by atoms with Crippen LogP contribution in [0, 0.1) is 6.92 Å². The number of amides is 1. The van der Waals surface area contributed by atoms with Gasteiger partial charge in [0.15, 0.2) is 11.8 Å². The molecule has 9 nitrogen and oxygen atoms in total. The SMILES string of the molecule is COc1ccc(CCNC(=NCc2nnc(C)n2C)NCCCN2CCCC2=O)cc1. The second-order valence-electron chi connectivity index (χ2n) is 7.68. The Morgan fingerprint density at radius 2 is 1.97 bits per heavy atom. The fraction of sp³-hybridized carbons (Fsp3) is 0.545. The van der Waals surface area contributed by atoms with Crippen molar-refractivity contribution in [2.24, 2.45) is 12.0 Å². The van der Waals surface area contributed by atoms with Gasteiger partial charge in [-0.25, -0.2) is 4.99 Å². The van der Waals surface area contributed by atoms with Crippen molar-refractivity contribution < 1.29 is 9.53 Å². The lowest BCUT2D eigenvalue weighted by Gasteiger charge is -2.17. The van der Waals surface area contributed by atoms with Gasteiger partial charge in [0.25, 0.3) is 0 Å². The maximum atomic E-state index is 11.8. The first-order chi connectivity index (χ1) is 15.1. The van der Waals surface area contributed by atoms with E-state index in [-0.39, 0.29) is 5.91 Å². The van der Waals surface area contributed by atoms with E-state index < -0.39 is 0 Å². The van der Waals surface area contributed by atoms with E-state index in [1.807, 2.05) is 35.6 Å². The second-order valence-corrected chi connectivity index (χ2v) is 7.68. The number of hydrogen-bond acceptors (Lipinski definition) is 5. The van der Waals surface area contributed by atoms with Gasteiger partial charge in [0.2, 0.25) is 5.91 Å². The van der Waals surface area contributed by atoms with Crippen LogP contribution in [0.15, 0.2) is 29.3 Å². The van der Waals surface area contributed by atoms with Crippen LogP contribution in [0.3, 0.4) is 0 Å². The van der Waals surface area contributed by atoms with Crippen molar-refractivity contribution in [3.63, 3.8) is 0 Å². The van der Waals surface area contributed by atoms with E-state index in [9.17, 15) is 4.79 Å². The number of carbonyl (C=O) groups excluding carboxylic acids is 1. The molecule has 0 spiro atoms. The fourth-order valence-electron chi connectivity index (χ4n) is 3.45. The zero-order valence-electron chi connectivity index (χ0n) is 18.7. The van der Waals surface area contributed by atoms with E-state index in [1.54, 1.807) is 7.11 Å². The number of rotatable bonds is 10. The number of aromatic nitrogens is 3. The topological polar surface area (TPSA) is 96.7 Å². The molecule has 2 N–H and O–H groups in total. The molecule has 168 valence electrons. The van der Waals surface area contributed by atoms with Gasteiger partial charge in [-0.05, 0) is 43.9 Å². The van der Waals surface area contributed by atoms with E-state index >= 15 is 0 Å². The Morgan fingerprint density at radius 1 is 1.19 bits per heavy atom. The van der Waals surface area contributed by atoms with E-state index in [4.69, 9.17) is 4.74 Å². The number of likely N-dealkylation sites (tertiary alicyclic amines) is 1. The number of nitrogens with zero attached hydrogens (tertiary/aromatic N) is 5. The maximum absolute atomic E-state index is 11.8. The molecular weight excluding hydrogens is 394 g/mol. The first-order valence-electron chi connectivity index (χ1n) is 10.8. The van der Waals surface area contributed by atoms with Crippen LogP contribution in [-0.2, 0) is 24.8 Å². The number of carbonyl (C=O) groups is 1. The summed E-state index contributed by atoms with van der Waals surface area (Å²) in [6.45, 7) is 5.53. The summed E-state index contributed by atoms with van der Waals surface area (Å²) in [5.74, 6) is 3.54. The van der Waals surface area contributed by atoms with Crippen molar-refractivity contribution in [3.05, 3.63) is 41.5 Å². The first kappa shape index (κ1) is 22.6. The number of ether oxygens (including phenoxy) is 1. The molecule has 1 aliphatic rings. The molecule has 1 aliphatic heterocycles. The minimum absolute atomic E-state index is 0.268. The summed E-state index contributed by atoms with van der Waals surface area (Å²) in [5.41, 5.74) is 1.23. The van der Waals surface area contributed by atoms with Gasteiger partial charge in [-0.1, -0.05) is 12.1 Å². The predicted octanol–water partition coefficient (Wildman–Crippen LogP) is 1.42. The van der Waals surface area contributed by atoms with Gasteiger partial charge in [0, 0.05) is 39.6 Å². The molecule has 2 heterocycles. The molecule has 1 fully saturated rings. The summed E-state index contributed by atoms with van der Waals surface area (Å²) in [6, 6.07) is 8.08. The highest BCUT2D eigenvalue weighted by Crippen LogP contribution is 2.11. The van der Waals surface area contributed by atoms with Gasteiger partial charge in [-0.15, -0.1) is 10.2 Å². The molecule has 3 rings (SSSR count). The molecule has 1 amide bonds. The lowest BCUT2D eigenvalue weighted by Crippen LogP contribution is -2.40. The first-order valence-corrected chi connectivity index (χ1v) is 10.8. The molecule has 0 unspecified atom stereocenters. The van der Waals surface area contributed by atoms with Crippen LogP contribution in [0.5, 0.6) is 5.75 Å². The largest absolute Gasteiger partial charge is 0.497 e. The second kappa shape index (κ2) is 11.3. The zero-order chi connectivity index (χ0) is 22.1. The number of guanidine groups is 1. The molecule has 31 heavy (non-hydrogen) atoms. The lowest BCUT2D eigenvalue weighted by molar-refractivity contribution is -0.127. The average Bonchev–Trinajstić information content (AvgIpc) is 3.34. The van der Waals surface area contributed by atoms with Crippen LogP contribution in [0.25, 0.3) is 0 Å². The van der Waals surface area contributed by atoms with Crippen molar-refractivity contribution in [1.29, 1.82) is 0 Å². The highest BCUT2D eigenvalue weighted by Gasteiger charge is 2.19. The molecule has 0 radical (unpaired) electrons. The number of aliphatic imine (C=N–C) groups is 1. The number of nitrogens with one attached hydrogen (secondary N) is 2. The molecule has 1 aromatic heterocycles. The maximum Gasteiger partial charge on any atom is 0.222 e. The molecule has 0 bridgehead atoms. The standard InChI is InChI=1S/C22H33N7O2/c1-17-26-27-20(28(17)2)16-25-22(23-12-5-15-29-14-4-6-21(29)30)24-13-11-18-7-9-19(31-3)10-8-18/h7-10H,4-6,11-16H2,1-3H3,(H2,23,24,25). The summed E-state index contributed by atoms with van der Waals surface area (Å²) in [6.07, 6.45) is 3.41. The normalized spacial score (nSPS) is 14.2. The van der Waals surface area contributed by atoms with Crippen molar-refractivity contribution >= 4 is 11.9 Å². The Labute approximate surface area is 183 Å². The smallest absolute Gasteiger partial charge is 0.222 e. The highest BCUT2D eigenvalue weighted by atomic mass is 16.5. The van der Waals surface area contributed by atoms with Gasteiger partial charge in [0.1, 0.15) is 18.1 Å². The van der Waals surface area contributed by atoms with Crippen LogP contribution in [0.2, 0.25) is 0 Å². The van der Waals surface area contributed by atoms with Crippen molar-refractivity contribution in [2.75, 3.05) is 33.3 Å². The third-order valence-corrected chi connectivity index (χ3v) is 5.50. The third-order valence-electron chi connectivity index (χ3n) is 5.50. The third kappa shape index (κ3) is 6.70. The van der Waals surface area contributed by atoms with E-state index in [0.29, 0.717) is 13.0 Å². The van der Waals surface area contributed by atoms with Gasteiger partial charge in [-0.2, -0.15) is 0 Å². The lowest BCUT2D eigenvalue weighted by atomic mass is 10.1. The Morgan fingerprint density at radius 3 is 2.61 bits per heavy atom. The number of hydrogen-bond donors (Lipinski definition) is 2. The average molecular weight is 428 g/mol. The quantitative estimate of drug-likeness (QED) is 0.338. The van der Waals surface area contributed by atoms with Crippen LogP contribution in [0.4, 0.5) is 0 Å². The zero-order valence-corrected chi connectivity index (χ0v) is 18.7. The van der Waals surface area contributed by atoms with Gasteiger partial charge in [-0.3, -0.25) is 4.79 Å². The molecule has 2 aromatic rings. The Bertz CT molecular complexity index is 876. The minimum Gasteiger partial charge on any atom is -0.497 e. The Hall–Kier alpha value is -3.10. The summed E-state index contributed by atoms with van der Waals surface area (Å²) < 4.78 is 7.16. The highest BCUT2D eigenvalue weighted by molar-refractivity contribution is 5.80. The molecule has 1 saturated heterocycles. The summed E-state index contributed by atoms with van der Waals surface area (Å²) in [7, 11) is 3.61. The fourth-order valence-corrected chi connectivity index (χ4v) is 3.45. The van der Waals surface area contributed by atoms with E-state index in [1.165, 1.54) is 5.56 Å². The van der Waals surface area contributed by atoms with Crippen LogP contribution in [-0.4, -0.2) is 64.8 Å². The Balaban J connectivity index is 1.51. The summed E-state index contributed by atoms with van der Waals surface area (Å²) in [4.78, 5) is 18.4. The molecule has 0 aliphatic carbocycles. The molecular formula is C22H33N7O2. The number of methoxy groups -OCH3 is 1. The van der Waals surface area contributed by atoms with Crippen molar-refractivity contribution in [1.82, 2.24) is 30.3 Å². The predicted molar refractivity (Wildman–Crippen MR) is 120 cm³/mol. The number of benzene rings is 1. The van der Waals surface area contributed by atoms with Crippen molar-refractivity contribution in [3.8, 4) is 5.75 Å². The molecule has 0 saturated carbocycles. The van der Waals surface area contributed by atoms with E-state index in [2.05, 4.69) is 38.0 Å². The molecule has 1 aromatic carbocycles. The monoisotopic (exact) mass is 427 g/mol. The molecule has 0 atom stereocenters. The van der Waals surface area contributed by atoms with Gasteiger partial charge < -0.3 is 24.8 Å². The number of aryl methyl sites for hydroxylation is 1. The molecule has 9 heteroatoms. The minimum atomic E-state index is 0.268. The van der Waals surface area contributed by atoms with Gasteiger partial charge >= 0.3 is 0 Å². The van der Waals surface area contributed by atoms with Crippen LogP contribution < -0.4 is 15.4 Å². The summed E-state index contributed by atoms with van der Waals surface area (Å²) >= 11 is 0. The van der Waals surface area contributed by atoms with Crippen LogP contribution in [0.1, 0.15) is 36.5 Å².